The lowest BCUT2D eigenvalue weighted by molar-refractivity contribution is 0.246. The minimum Gasteiger partial charge on any atom is -0.477 e. The molecule has 0 saturated heterocycles. The van der Waals surface area contributed by atoms with Crippen LogP contribution in [0.25, 0.3) is 12.2 Å². The molecule has 0 radical (unpaired) electrons. The number of rotatable bonds is 7. The molecule has 1 aromatic carbocycles. The van der Waals surface area contributed by atoms with Crippen LogP contribution in [0.3, 0.4) is 0 Å². The molecule has 4 heteroatoms. The molecule has 0 bridgehead atoms. The molecule has 1 aromatic heterocycles. The molecule has 2 aromatic rings. The Bertz CT molecular complexity index is 681. The van der Waals surface area contributed by atoms with E-state index >= 15 is 0 Å². The molecule has 0 aliphatic carbocycles. The quantitative estimate of drug-likeness (QED) is 0.552. The number of hydrogen-bond donors (Lipinski definition) is 0. The van der Waals surface area contributed by atoms with Crippen molar-refractivity contribution in [3.05, 3.63) is 51.2 Å². The summed E-state index contributed by atoms with van der Waals surface area (Å²) >= 11 is 2.28. The minimum atomic E-state index is 0.548. The molecule has 1 unspecified atom stereocenters. The maximum Gasteiger partial charge on any atom is 0.227 e. The monoisotopic (exact) mass is 432 g/mol. The lowest BCUT2D eigenvalue weighted by Crippen LogP contribution is -2.09. The SMILES string of the molecule is CCC(C)COc1ncc(/C=C/c2ccc(N(C)C)cc2)cc1[123I]. The molecule has 0 spiro atoms. The third-order valence-corrected chi connectivity index (χ3v) is 4.68. The van der Waals surface area contributed by atoms with Gasteiger partial charge in [0.05, 0.1) is 10.2 Å². The second kappa shape index (κ2) is 9.06. The zero-order valence-corrected chi connectivity index (χ0v) is 16.9. The summed E-state index contributed by atoms with van der Waals surface area (Å²) in [5.74, 6) is 1.27. The number of benzene rings is 1. The summed E-state index contributed by atoms with van der Waals surface area (Å²) in [7, 11) is 4.09. The summed E-state index contributed by atoms with van der Waals surface area (Å²) in [6.07, 6.45) is 7.16. The standard InChI is InChI=1S/C20H25IN2O/c1-5-15(2)14-24-20-19(21)12-17(13-22-20)7-6-16-8-10-18(11-9-16)23(3)4/h6-13,15H,5,14H2,1-4H3/b7-6+/i21-4. The van der Waals surface area contributed by atoms with Gasteiger partial charge in [-0.05, 0) is 57.8 Å². The Labute approximate surface area is 158 Å². The van der Waals surface area contributed by atoms with Crippen LogP contribution in [0, 0.1) is 9.49 Å². The van der Waals surface area contributed by atoms with Gasteiger partial charge in [-0.3, -0.25) is 0 Å². The molecule has 0 aliphatic heterocycles. The first-order valence-corrected chi connectivity index (χ1v) is 9.31. The molecule has 128 valence electrons. The number of anilines is 1. The van der Waals surface area contributed by atoms with E-state index in [1.54, 1.807) is 0 Å². The van der Waals surface area contributed by atoms with Gasteiger partial charge in [0, 0.05) is 26.0 Å². The van der Waals surface area contributed by atoms with Gasteiger partial charge in [0.15, 0.2) is 0 Å². The number of nitrogens with zero attached hydrogens (tertiary/aromatic N) is 2. The van der Waals surface area contributed by atoms with Crippen LogP contribution in [0.1, 0.15) is 31.4 Å². The molecule has 24 heavy (non-hydrogen) atoms. The van der Waals surface area contributed by atoms with Crippen molar-refractivity contribution in [2.24, 2.45) is 5.92 Å². The fraction of sp³-hybridized carbons (Fsp3) is 0.350. The van der Waals surface area contributed by atoms with Gasteiger partial charge >= 0.3 is 0 Å². The number of hydrogen-bond acceptors (Lipinski definition) is 3. The van der Waals surface area contributed by atoms with Gasteiger partial charge < -0.3 is 9.64 Å². The Hall–Kier alpha value is -1.56. The summed E-state index contributed by atoms with van der Waals surface area (Å²) < 4.78 is 6.84. The van der Waals surface area contributed by atoms with Gasteiger partial charge in [-0.1, -0.05) is 44.6 Å². The highest BCUT2D eigenvalue weighted by atomic mass is 123. The average Bonchev–Trinajstić information content (AvgIpc) is 2.59. The lowest BCUT2D eigenvalue weighted by atomic mass is 10.1. The Morgan fingerprint density at radius 1 is 1.17 bits per heavy atom. The van der Waals surface area contributed by atoms with Gasteiger partial charge in [0.2, 0.25) is 5.88 Å². The minimum absolute atomic E-state index is 0.548. The summed E-state index contributed by atoms with van der Waals surface area (Å²) in [5.41, 5.74) is 3.45. The highest BCUT2D eigenvalue weighted by Gasteiger charge is 2.06. The van der Waals surface area contributed by atoms with Crippen molar-refractivity contribution in [2.45, 2.75) is 20.3 Å². The van der Waals surface area contributed by atoms with Crippen molar-refractivity contribution in [1.82, 2.24) is 4.98 Å². The number of aromatic nitrogens is 1. The average molecular weight is 432 g/mol. The highest BCUT2D eigenvalue weighted by molar-refractivity contribution is 14.1. The predicted molar refractivity (Wildman–Crippen MR) is 112 cm³/mol. The van der Waals surface area contributed by atoms with Gasteiger partial charge in [0.1, 0.15) is 0 Å². The zero-order chi connectivity index (χ0) is 17.5. The van der Waals surface area contributed by atoms with E-state index in [1.807, 2.05) is 20.3 Å². The molecule has 3 nitrogen and oxygen atoms in total. The smallest absolute Gasteiger partial charge is 0.227 e. The van der Waals surface area contributed by atoms with Gasteiger partial charge in [-0.15, -0.1) is 0 Å². The second-order valence-electron chi connectivity index (χ2n) is 6.20. The fourth-order valence-electron chi connectivity index (χ4n) is 2.05. The molecular formula is C20H25IN2O. The Morgan fingerprint density at radius 2 is 1.83 bits per heavy atom. The van der Waals surface area contributed by atoms with Crippen molar-refractivity contribution in [2.75, 3.05) is 25.6 Å². The molecule has 1 atom stereocenters. The van der Waals surface area contributed by atoms with Crippen molar-refractivity contribution >= 4 is 40.4 Å². The molecule has 0 fully saturated rings. The Balaban J connectivity index is 2.03. The molecule has 0 amide bonds. The first-order valence-electron chi connectivity index (χ1n) is 8.23. The van der Waals surface area contributed by atoms with Gasteiger partial charge in [-0.2, -0.15) is 0 Å². The molecular weight excluding hydrogens is 407 g/mol. The number of ether oxygens (including phenoxy) is 1. The van der Waals surface area contributed by atoms with E-state index in [-0.39, 0.29) is 0 Å². The largest absolute Gasteiger partial charge is 0.477 e. The normalized spacial score (nSPS) is 12.4. The zero-order valence-electron chi connectivity index (χ0n) is 14.8. The van der Waals surface area contributed by atoms with Crippen molar-refractivity contribution < 1.29 is 4.74 Å². The molecule has 0 N–H and O–H groups in total. The van der Waals surface area contributed by atoms with Crippen LogP contribution < -0.4 is 9.64 Å². The summed E-state index contributed by atoms with van der Waals surface area (Å²) in [5, 5.41) is 0. The van der Waals surface area contributed by atoms with E-state index in [0.29, 0.717) is 12.5 Å². The summed E-state index contributed by atoms with van der Waals surface area (Å²) in [6, 6.07) is 10.6. The lowest BCUT2D eigenvalue weighted by Gasteiger charge is -2.12. The van der Waals surface area contributed by atoms with Crippen LogP contribution in [0.2, 0.25) is 0 Å². The second-order valence-corrected chi connectivity index (χ2v) is 7.36. The van der Waals surface area contributed by atoms with E-state index in [1.165, 1.54) is 11.3 Å². The maximum absolute atomic E-state index is 5.80. The van der Waals surface area contributed by atoms with Gasteiger partial charge in [0.25, 0.3) is 0 Å². The summed E-state index contributed by atoms with van der Waals surface area (Å²) in [6.45, 7) is 5.07. The summed E-state index contributed by atoms with van der Waals surface area (Å²) in [4.78, 5) is 6.54. The van der Waals surface area contributed by atoms with Crippen LogP contribution in [0.5, 0.6) is 5.88 Å². The third-order valence-electron chi connectivity index (χ3n) is 3.91. The first-order chi connectivity index (χ1) is 11.5. The van der Waals surface area contributed by atoms with Crippen LogP contribution in [0.15, 0.2) is 36.5 Å². The number of pyridine rings is 1. The van der Waals surface area contributed by atoms with Crippen molar-refractivity contribution in [1.29, 1.82) is 0 Å². The highest BCUT2D eigenvalue weighted by Crippen LogP contribution is 2.21. The molecule has 2 rings (SSSR count). The maximum atomic E-state index is 5.80. The topological polar surface area (TPSA) is 25.4 Å². The Morgan fingerprint density at radius 3 is 2.42 bits per heavy atom. The van der Waals surface area contributed by atoms with E-state index < -0.39 is 0 Å². The Kier molecular flexibility index (Phi) is 7.09. The van der Waals surface area contributed by atoms with Crippen LogP contribution >= 0.6 is 22.6 Å². The van der Waals surface area contributed by atoms with E-state index in [0.717, 1.165) is 21.4 Å². The fourth-order valence-corrected chi connectivity index (χ4v) is 2.71. The molecule has 0 saturated carbocycles. The van der Waals surface area contributed by atoms with Gasteiger partial charge in [-0.25, -0.2) is 4.98 Å². The molecule has 0 aliphatic rings. The van der Waals surface area contributed by atoms with Crippen LogP contribution in [-0.4, -0.2) is 25.7 Å². The predicted octanol–water partition coefficient (Wildman–Crippen LogP) is 5.35. The third kappa shape index (κ3) is 5.51. The van der Waals surface area contributed by atoms with E-state index in [9.17, 15) is 0 Å². The van der Waals surface area contributed by atoms with Crippen LogP contribution in [0.4, 0.5) is 5.69 Å². The van der Waals surface area contributed by atoms with E-state index in [4.69, 9.17) is 4.74 Å². The van der Waals surface area contributed by atoms with Crippen molar-refractivity contribution in [3.8, 4) is 5.88 Å². The van der Waals surface area contributed by atoms with Crippen molar-refractivity contribution in [3.63, 3.8) is 0 Å². The molecule has 1 heterocycles. The first kappa shape index (κ1) is 18.8. The van der Waals surface area contributed by atoms with Crippen LogP contribution in [-0.2, 0) is 0 Å². The number of halogens is 1. The van der Waals surface area contributed by atoms with E-state index in [2.05, 4.69) is 88.8 Å².